The molecule has 2 amide bonds. The number of carbonyl (C=O) groups is 2. The predicted molar refractivity (Wildman–Crippen MR) is 114 cm³/mol. The quantitative estimate of drug-likeness (QED) is 0.631. The minimum atomic E-state index is -0.902. The molecule has 0 unspecified atom stereocenters. The zero-order valence-corrected chi connectivity index (χ0v) is 18.7. The Morgan fingerprint density at radius 1 is 0.935 bits per heavy atom. The van der Waals surface area contributed by atoms with Crippen LogP contribution in [0, 0.1) is 5.92 Å². The molecular formula is C21H29N3O7. The molecule has 0 aliphatic rings. The highest BCUT2D eigenvalue weighted by atomic mass is 16.6. The maximum Gasteiger partial charge on any atom is 0.452 e. The van der Waals surface area contributed by atoms with Gasteiger partial charge in [-0.2, -0.15) is 0 Å². The molecule has 1 aromatic carbocycles. The van der Waals surface area contributed by atoms with Crippen molar-refractivity contribution in [2.75, 3.05) is 0 Å². The second-order valence-electron chi connectivity index (χ2n) is 7.57. The van der Waals surface area contributed by atoms with Gasteiger partial charge < -0.3 is 13.9 Å². The van der Waals surface area contributed by atoms with Crippen molar-refractivity contribution in [3.63, 3.8) is 0 Å². The van der Waals surface area contributed by atoms with Gasteiger partial charge >= 0.3 is 23.6 Å². The monoisotopic (exact) mass is 435 g/mol. The van der Waals surface area contributed by atoms with E-state index in [4.69, 9.17) is 4.42 Å². The third-order valence-corrected chi connectivity index (χ3v) is 3.63. The van der Waals surface area contributed by atoms with E-state index in [9.17, 15) is 19.2 Å². The van der Waals surface area contributed by atoms with Gasteiger partial charge in [-0.25, -0.2) is 19.2 Å². The van der Waals surface area contributed by atoms with Crippen molar-refractivity contribution in [1.82, 2.24) is 4.57 Å². The van der Waals surface area contributed by atoms with Crippen LogP contribution in [0.5, 0.6) is 0 Å². The second-order valence-corrected chi connectivity index (χ2v) is 7.57. The fourth-order valence-corrected chi connectivity index (χ4v) is 2.30. The van der Waals surface area contributed by atoms with Gasteiger partial charge in [0, 0.05) is 6.54 Å². The molecule has 170 valence electrons. The molecule has 0 aliphatic heterocycles. The van der Waals surface area contributed by atoms with Gasteiger partial charge in [0.25, 0.3) is 0 Å². The van der Waals surface area contributed by atoms with Crippen LogP contribution in [0.25, 0.3) is 10.9 Å². The predicted octanol–water partition coefficient (Wildman–Crippen LogP) is 4.53. The average molecular weight is 435 g/mol. The molecule has 0 radical (unpaired) electrons. The minimum absolute atomic E-state index is 0.289. The maximum absolute atomic E-state index is 11.7. The van der Waals surface area contributed by atoms with Gasteiger partial charge in [0.15, 0.2) is 0 Å². The Labute approximate surface area is 179 Å². The fraction of sp³-hybridized carbons (Fsp3) is 0.524. The molecule has 2 rings (SSSR count). The standard InChI is InChI=1S/C13H15NO3.C8H14N2O4/c1-9(2)7-8-14-11-6-4-3-5-10(11)12(15)17-13(14)16;1-5(2)13-7(11)9-10-8(12)14-6(3)4/h3-6,9H,7-8H2,1-2H3;5-6H,1-4H3. The summed E-state index contributed by atoms with van der Waals surface area (Å²) in [6.07, 6.45) is -1.51. The number of rotatable bonds is 5. The lowest BCUT2D eigenvalue weighted by Crippen LogP contribution is -2.25. The Morgan fingerprint density at radius 3 is 1.94 bits per heavy atom. The van der Waals surface area contributed by atoms with Crippen molar-refractivity contribution in [2.24, 2.45) is 16.1 Å². The lowest BCUT2D eigenvalue weighted by atomic mass is 10.1. The molecule has 10 heteroatoms. The molecule has 0 saturated heterocycles. The summed E-state index contributed by atoms with van der Waals surface area (Å²) in [6, 6.07) is 7.02. The van der Waals surface area contributed by atoms with Gasteiger partial charge in [0.1, 0.15) is 0 Å². The van der Waals surface area contributed by atoms with Crippen LogP contribution in [0.2, 0.25) is 0 Å². The Balaban J connectivity index is 0.000000318. The van der Waals surface area contributed by atoms with Crippen LogP contribution in [-0.2, 0) is 16.0 Å². The van der Waals surface area contributed by atoms with Gasteiger partial charge in [0.05, 0.1) is 23.1 Å². The van der Waals surface area contributed by atoms with E-state index in [1.54, 1.807) is 45.9 Å². The van der Waals surface area contributed by atoms with Crippen LogP contribution in [-0.4, -0.2) is 29.0 Å². The van der Waals surface area contributed by atoms with Crippen molar-refractivity contribution in [2.45, 2.75) is 66.7 Å². The number of azo groups is 1. The highest BCUT2D eigenvalue weighted by molar-refractivity contribution is 5.77. The largest absolute Gasteiger partial charge is 0.452 e. The highest BCUT2D eigenvalue weighted by Crippen LogP contribution is 2.09. The number of nitrogens with zero attached hydrogens (tertiary/aromatic N) is 3. The smallest absolute Gasteiger partial charge is 0.444 e. The molecule has 0 spiro atoms. The lowest BCUT2D eigenvalue weighted by molar-refractivity contribution is 0.115. The summed E-state index contributed by atoms with van der Waals surface area (Å²) in [5, 5.41) is 6.47. The normalized spacial score (nSPS) is 11.1. The maximum atomic E-state index is 11.7. The molecule has 0 aliphatic carbocycles. The molecule has 0 N–H and O–H groups in total. The van der Waals surface area contributed by atoms with Crippen LogP contribution in [0.1, 0.15) is 48.0 Å². The minimum Gasteiger partial charge on any atom is -0.444 e. The van der Waals surface area contributed by atoms with Gasteiger partial charge in [-0.05, 0) is 52.2 Å². The second kappa shape index (κ2) is 12.4. The third kappa shape index (κ3) is 9.37. The van der Waals surface area contributed by atoms with E-state index in [-0.39, 0.29) is 12.2 Å². The molecular weight excluding hydrogens is 406 g/mol. The highest BCUT2D eigenvalue weighted by Gasteiger charge is 2.09. The van der Waals surface area contributed by atoms with Crippen molar-refractivity contribution < 1.29 is 23.5 Å². The van der Waals surface area contributed by atoms with Crippen molar-refractivity contribution >= 4 is 23.1 Å². The zero-order chi connectivity index (χ0) is 23.6. The first-order valence-electron chi connectivity index (χ1n) is 9.96. The van der Waals surface area contributed by atoms with Crippen molar-refractivity contribution in [3.8, 4) is 0 Å². The number of ether oxygens (including phenoxy) is 2. The first-order chi connectivity index (χ1) is 14.5. The summed E-state index contributed by atoms with van der Waals surface area (Å²) >= 11 is 0. The lowest BCUT2D eigenvalue weighted by Gasteiger charge is -2.09. The Bertz CT molecular complexity index is 996. The number of para-hydroxylation sites is 1. The molecule has 0 bridgehead atoms. The van der Waals surface area contributed by atoms with E-state index >= 15 is 0 Å². The van der Waals surface area contributed by atoms with Crippen molar-refractivity contribution in [1.29, 1.82) is 0 Å². The van der Waals surface area contributed by atoms with E-state index in [1.165, 1.54) is 4.57 Å². The van der Waals surface area contributed by atoms with Gasteiger partial charge in [-0.1, -0.05) is 36.2 Å². The van der Waals surface area contributed by atoms with E-state index in [1.807, 2.05) is 6.07 Å². The van der Waals surface area contributed by atoms with Crippen LogP contribution >= 0.6 is 0 Å². The summed E-state index contributed by atoms with van der Waals surface area (Å²) in [6.45, 7) is 11.4. The number of benzene rings is 1. The molecule has 0 saturated carbocycles. The molecule has 0 atom stereocenters. The van der Waals surface area contributed by atoms with E-state index in [0.717, 1.165) is 6.42 Å². The molecule has 1 heterocycles. The van der Waals surface area contributed by atoms with Crippen molar-refractivity contribution in [3.05, 3.63) is 45.2 Å². The van der Waals surface area contributed by atoms with Crippen LogP contribution in [0.4, 0.5) is 9.59 Å². The number of carbonyl (C=O) groups excluding carboxylic acids is 2. The van der Waals surface area contributed by atoms with E-state index in [0.29, 0.717) is 23.4 Å². The Morgan fingerprint density at radius 2 is 1.45 bits per heavy atom. The summed E-state index contributed by atoms with van der Waals surface area (Å²) in [5.74, 6) is -0.0815. The summed E-state index contributed by atoms with van der Waals surface area (Å²) in [5.41, 5.74) is 0.0841. The molecule has 2 aromatic rings. The molecule has 1 aromatic heterocycles. The first-order valence-corrected chi connectivity index (χ1v) is 9.96. The number of aryl methyl sites for hydroxylation is 1. The topological polar surface area (TPSA) is 130 Å². The molecule has 10 nitrogen and oxygen atoms in total. The van der Waals surface area contributed by atoms with E-state index < -0.39 is 23.6 Å². The van der Waals surface area contributed by atoms with Gasteiger partial charge in [-0.15, -0.1) is 0 Å². The molecule has 31 heavy (non-hydrogen) atoms. The molecule has 0 fully saturated rings. The first kappa shape index (κ1) is 25.7. The van der Waals surface area contributed by atoms with Gasteiger partial charge in [0.2, 0.25) is 0 Å². The van der Waals surface area contributed by atoms with E-state index in [2.05, 4.69) is 33.5 Å². The fourth-order valence-electron chi connectivity index (χ4n) is 2.30. The Kier molecular flexibility index (Phi) is 10.3. The number of hydrogen-bond donors (Lipinski definition) is 0. The SMILES string of the molecule is CC(C)CCn1c(=O)oc(=O)c2ccccc21.CC(C)OC(=O)N=NC(=O)OC(C)C. The van der Waals surface area contributed by atoms with Crippen LogP contribution in [0.3, 0.4) is 0 Å². The number of amides is 2. The summed E-state index contributed by atoms with van der Waals surface area (Å²) < 4.78 is 15.4. The number of fused-ring (bicyclic) bond motifs is 1. The number of aromatic nitrogens is 1. The third-order valence-electron chi connectivity index (χ3n) is 3.63. The Hall–Kier alpha value is -3.30. The van der Waals surface area contributed by atoms with Gasteiger partial charge in [-0.3, -0.25) is 4.57 Å². The average Bonchev–Trinajstić information content (AvgIpc) is 2.65. The van der Waals surface area contributed by atoms with Crippen LogP contribution in [0.15, 0.2) is 48.5 Å². The zero-order valence-electron chi connectivity index (χ0n) is 18.7. The number of hydrogen-bond acceptors (Lipinski definition) is 7. The summed E-state index contributed by atoms with van der Waals surface area (Å²) in [7, 11) is 0. The van der Waals surface area contributed by atoms with Crippen LogP contribution < -0.4 is 11.4 Å². The summed E-state index contributed by atoms with van der Waals surface area (Å²) in [4.78, 5) is 44.7.